The van der Waals surface area contributed by atoms with Gasteiger partial charge in [-0.15, -0.1) is 0 Å². The molecule has 0 unspecified atom stereocenters. The fourth-order valence-corrected chi connectivity index (χ4v) is 4.16. The fourth-order valence-electron chi connectivity index (χ4n) is 4.16. The lowest BCUT2D eigenvalue weighted by Gasteiger charge is -2.29. The molecule has 0 bridgehead atoms. The number of piperidine rings is 1. The molecule has 1 N–H and O–H groups in total. The minimum Gasteiger partial charge on any atom is -0.378 e. The van der Waals surface area contributed by atoms with E-state index >= 15 is 0 Å². The quantitative estimate of drug-likeness (QED) is 0.618. The Labute approximate surface area is 184 Å². The second-order valence-corrected chi connectivity index (χ2v) is 7.84. The minimum absolute atomic E-state index is 0.189. The smallest absolute Gasteiger partial charge is 0.255 e. The monoisotopic (exact) mass is 431 g/mol. The summed E-state index contributed by atoms with van der Waals surface area (Å²) in [6, 6.07) is 12.5. The van der Waals surface area contributed by atoms with E-state index in [9.17, 15) is 14.4 Å². The SMILES string of the molecule is COCc1cccc(-n2ccc(-c3ccc4c(c3)CN([C@H]3CCC(=O)NC3=O)C4=O)n2)n1. The number of imide groups is 1. The third-order valence-corrected chi connectivity index (χ3v) is 5.73. The molecule has 9 nitrogen and oxygen atoms in total. The first-order valence-corrected chi connectivity index (χ1v) is 10.3. The van der Waals surface area contributed by atoms with Crippen LogP contribution in [0.3, 0.4) is 0 Å². The van der Waals surface area contributed by atoms with E-state index in [1.54, 1.807) is 22.8 Å². The topological polar surface area (TPSA) is 106 Å². The molecule has 0 spiro atoms. The van der Waals surface area contributed by atoms with Crippen LogP contribution in [-0.4, -0.2) is 50.5 Å². The van der Waals surface area contributed by atoms with E-state index in [0.29, 0.717) is 31.0 Å². The van der Waals surface area contributed by atoms with Gasteiger partial charge >= 0.3 is 0 Å². The number of methoxy groups -OCH3 is 1. The first kappa shape index (κ1) is 20.1. The van der Waals surface area contributed by atoms with Gasteiger partial charge in [0, 0.05) is 37.4 Å². The zero-order valence-electron chi connectivity index (χ0n) is 17.4. The number of carbonyl (C=O) groups excluding carboxylic acids is 3. The molecule has 1 atom stereocenters. The van der Waals surface area contributed by atoms with Crippen molar-refractivity contribution in [3.05, 3.63) is 65.5 Å². The number of aromatic nitrogens is 3. The summed E-state index contributed by atoms with van der Waals surface area (Å²) in [5, 5.41) is 6.96. The van der Waals surface area contributed by atoms with E-state index in [2.05, 4.69) is 15.4 Å². The van der Waals surface area contributed by atoms with Gasteiger partial charge in [0.25, 0.3) is 5.91 Å². The van der Waals surface area contributed by atoms with Crippen molar-refractivity contribution in [2.75, 3.05) is 7.11 Å². The Morgan fingerprint density at radius 3 is 2.84 bits per heavy atom. The molecule has 1 saturated heterocycles. The highest BCUT2D eigenvalue weighted by molar-refractivity contribution is 6.05. The molecule has 3 aromatic rings. The van der Waals surface area contributed by atoms with Gasteiger partial charge in [-0.25, -0.2) is 9.67 Å². The summed E-state index contributed by atoms with van der Waals surface area (Å²) in [4.78, 5) is 42.6. The number of benzene rings is 1. The third-order valence-electron chi connectivity index (χ3n) is 5.73. The number of rotatable bonds is 5. The van der Waals surface area contributed by atoms with Crippen molar-refractivity contribution in [3.63, 3.8) is 0 Å². The van der Waals surface area contributed by atoms with Gasteiger partial charge in [-0.2, -0.15) is 5.10 Å². The van der Waals surface area contributed by atoms with Crippen LogP contribution in [0.5, 0.6) is 0 Å². The highest BCUT2D eigenvalue weighted by Crippen LogP contribution is 2.30. The number of nitrogens with one attached hydrogen (secondary N) is 1. The summed E-state index contributed by atoms with van der Waals surface area (Å²) in [5.41, 5.74) is 3.84. The first-order chi connectivity index (χ1) is 15.5. The van der Waals surface area contributed by atoms with Gasteiger partial charge in [-0.1, -0.05) is 12.1 Å². The van der Waals surface area contributed by atoms with Gasteiger partial charge in [-0.05, 0) is 42.3 Å². The Morgan fingerprint density at radius 2 is 2.03 bits per heavy atom. The second kappa shape index (κ2) is 8.01. The van der Waals surface area contributed by atoms with Crippen LogP contribution in [-0.2, 0) is 27.5 Å². The average Bonchev–Trinajstić information content (AvgIpc) is 3.40. The number of amides is 3. The van der Waals surface area contributed by atoms with E-state index in [1.165, 1.54) is 0 Å². The number of hydrogen-bond acceptors (Lipinski definition) is 6. The zero-order chi connectivity index (χ0) is 22.2. The Hall–Kier alpha value is -3.85. The average molecular weight is 431 g/mol. The summed E-state index contributed by atoms with van der Waals surface area (Å²) >= 11 is 0. The lowest BCUT2D eigenvalue weighted by atomic mass is 10.0. The number of ether oxygens (including phenoxy) is 1. The number of nitrogens with zero attached hydrogens (tertiary/aromatic N) is 4. The summed E-state index contributed by atoms with van der Waals surface area (Å²) in [5.74, 6) is -0.211. The molecule has 32 heavy (non-hydrogen) atoms. The molecule has 4 heterocycles. The molecule has 0 saturated carbocycles. The molecular formula is C23H21N5O4. The van der Waals surface area contributed by atoms with E-state index in [4.69, 9.17) is 4.74 Å². The standard InChI is InChI=1S/C23H21N5O4/c1-32-13-16-3-2-4-20(24-16)28-10-9-18(26-28)14-5-6-17-15(11-14)12-27(23(17)31)19-7-8-21(29)25-22(19)30/h2-6,9-11,19H,7-8,12-13H2,1H3,(H,25,29,30)/t19-/m0/s1. The third kappa shape index (κ3) is 3.56. The summed E-state index contributed by atoms with van der Waals surface area (Å²) in [6.45, 7) is 0.750. The van der Waals surface area contributed by atoms with E-state index in [0.717, 1.165) is 22.5 Å². The van der Waals surface area contributed by atoms with Crippen LogP contribution in [0.1, 0.15) is 34.5 Å². The van der Waals surface area contributed by atoms with Crippen molar-refractivity contribution in [3.8, 4) is 17.1 Å². The minimum atomic E-state index is -0.624. The van der Waals surface area contributed by atoms with E-state index in [1.807, 2.05) is 42.6 Å². The van der Waals surface area contributed by atoms with Gasteiger partial charge in [0.05, 0.1) is 18.0 Å². The Morgan fingerprint density at radius 1 is 1.16 bits per heavy atom. The van der Waals surface area contributed by atoms with Crippen LogP contribution in [0, 0.1) is 0 Å². The maximum Gasteiger partial charge on any atom is 0.255 e. The molecule has 1 aromatic carbocycles. The molecule has 2 aliphatic heterocycles. The highest BCUT2D eigenvalue weighted by Gasteiger charge is 2.39. The van der Waals surface area contributed by atoms with Crippen molar-refractivity contribution in [1.29, 1.82) is 0 Å². The molecule has 162 valence electrons. The normalized spacial score (nSPS) is 18.1. The number of fused-ring (bicyclic) bond motifs is 1. The van der Waals surface area contributed by atoms with Gasteiger partial charge < -0.3 is 9.64 Å². The van der Waals surface area contributed by atoms with Crippen LogP contribution in [0.15, 0.2) is 48.7 Å². The summed E-state index contributed by atoms with van der Waals surface area (Å²) in [7, 11) is 1.63. The molecular weight excluding hydrogens is 410 g/mol. The van der Waals surface area contributed by atoms with E-state index in [-0.39, 0.29) is 18.2 Å². The molecule has 1 fully saturated rings. The first-order valence-electron chi connectivity index (χ1n) is 10.3. The maximum absolute atomic E-state index is 12.9. The molecule has 0 aliphatic carbocycles. The highest BCUT2D eigenvalue weighted by atomic mass is 16.5. The van der Waals surface area contributed by atoms with Crippen LogP contribution < -0.4 is 5.32 Å². The van der Waals surface area contributed by atoms with Crippen molar-refractivity contribution >= 4 is 17.7 Å². The van der Waals surface area contributed by atoms with E-state index < -0.39 is 11.9 Å². The summed E-state index contributed by atoms with van der Waals surface area (Å²) < 4.78 is 6.84. The van der Waals surface area contributed by atoms with Crippen molar-refractivity contribution in [2.24, 2.45) is 0 Å². The zero-order valence-corrected chi connectivity index (χ0v) is 17.4. The number of pyridine rings is 1. The van der Waals surface area contributed by atoms with Crippen LogP contribution in [0.2, 0.25) is 0 Å². The van der Waals surface area contributed by atoms with Gasteiger partial charge in [0.15, 0.2) is 5.82 Å². The second-order valence-electron chi connectivity index (χ2n) is 7.84. The van der Waals surface area contributed by atoms with Crippen molar-refractivity contribution < 1.29 is 19.1 Å². The predicted molar refractivity (Wildman–Crippen MR) is 114 cm³/mol. The largest absolute Gasteiger partial charge is 0.378 e. The molecule has 3 amide bonds. The molecule has 5 rings (SSSR count). The number of carbonyl (C=O) groups is 3. The van der Waals surface area contributed by atoms with Crippen molar-refractivity contribution in [2.45, 2.75) is 32.0 Å². The van der Waals surface area contributed by atoms with Crippen molar-refractivity contribution in [1.82, 2.24) is 25.0 Å². The fraction of sp³-hybridized carbons (Fsp3) is 0.261. The molecule has 2 aromatic heterocycles. The summed E-state index contributed by atoms with van der Waals surface area (Å²) in [6.07, 6.45) is 2.41. The van der Waals surface area contributed by atoms with Crippen LogP contribution >= 0.6 is 0 Å². The van der Waals surface area contributed by atoms with Gasteiger partial charge in [0.2, 0.25) is 11.8 Å². The molecule has 0 radical (unpaired) electrons. The Bertz CT molecular complexity index is 1230. The maximum atomic E-state index is 12.9. The lowest BCUT2D eigenvalue weighted by Crippen LogP contribution is -2.52. The van der Waals surface area contributed by atoms with Crippen LogP contribution in [0.4, 0.5) is 0 Å². The van der Waals surface area contributed by atoms with Gasteiger partial charge in [-0.3, -0.25) is 19.7 Å². The molecule has 9 heteroatoms. The Kier molecular flexibility index (Phi) is 5.02. The van der Waals surface area contributed by atoms with Crippen LogP contribution in [0.25, 0.3) is 17.1 Å². The molecule has 2 aliphatic rings. The number of hydrogen-bond donors (Lipinski definition) is 1. The van der Waals surface area contributed by atoms with Gasteiger partial charge in [0.1, 0.15) is 6.04 Å². The predicted octanol–water partition coefficient (Wildman–Crippen LogP) is 1.84. The lowest BCUT2D eigenvalue weighted by molar-refractivity contribution is -0.136. The Balaban J connectivity index is 1.39.